The smallest absolute Gasteiger partial charge is 0.326 e. The van der Waals surface area contributed by atoms with Crippen LogP contribution in [0.3, 0.4) is 0 Å². The van der Waals surface area contributed by atoms with Gasteiger partial charge in [-0.3, -0.25) is 10.1 Å². The predicted molar refractivity (Wildman–Crippen MR) is 43.9 cm³/mol. The highest BCUT2D eigenvalue weighted by Crippen LogP contribution is 2.02. The van der Waals surface area contributed by atoms with Gasteiger partial charge < -0.3 is 20.6 Å². The van der Waals surface area contributed by atoms with Crippen molar-refractivity contribution < 1.29 is 24.9 Å². The molecular weight excluding hydrogens is 192 g/mol. The van der Waals surface area contributed by atoms with Crippen LogP contribution in [0.5, 0.6) is 0 Å². The summed E-state index contributed by atoms with van der Waals surface area (Å²) in [4.78, 5) is 21.5. The van der Waals surface area contributed by atoms with Gasteiger partial charge in [-0.1, -0.05) is 0 Å². The fraction of sp³-hybridized carbons (Fsp3) is 0.429. The van der Waals surface area contributed by atoms with E-state index < -0.39 is 30.8 Å². The monoisotopic (exact) mass is 202 g/mol. The Bertz CT molecular complexity index is 288. The lowest BCUT2D eigenvalue weighted by atomic mass is 10.2. The van der Waals surface area contributed by atoms with Crippen molar-refractivity contribution in [2.75, 3.05) is 6.61 Å². The molecule has 0 spiro atoms. The highest BCUT2D eigenvalue weighted by Gasteiger charge is 2.25. The van der Waals surface area contributed by atoms with Crippen LogP contribution in [0.2, 0.25) is 0 Å². The molecule has 0 saturated carbocycles. The number of carbonyl (C=O) groups is 2. The highest BCUT2D eigenvalue weighted by atomic mass is 16.4. The van der Waals surface area contributed by atoms with Crippen molar-refractivity contribution in [3.8, 4) is 0 Å². The molecule has 0 bridgehead atoms. The van der Waals surface area contributed by atoms with Crippen molar-refractivity contribution >= 4 is 11.9 Å². The van der Waals surface area contributed by atoms with E-state index in [4.69, 9.17) is 15.3 Å². The molecule has 7 nitrogen and oxygen atoms in total. The summed E-state index contributed by atoms with van der Waals surface area (Å²) < 4.78 is 0. The molecule has 14 heavy (non-hydrogen) atoms. The molecule has 1 heterocycles. The molecule has 1 fully saturated rings. The van der Waals surface area contributed by atoms with Crippen molar-refractivity contribution in [2.45, 2.75) is 12.2 Å². The van der Waals surface area contributed by atoms with E-state index in [2.05, 4.69) is 5.32 Å². The van der Waals surface area contributed by atoms with Crippen LogP contribution in [-0.2, 0) is 4.79 Å². The number of rotatable bonds is 3. The van der Waals surface area contributed by atoms with Gasteiger partial charge in [0, 0.05) is 0 Å². The first-order chi connectivity index (χ1) is 6.54. The van der Waals surface area contributed by atoms with E-state index in [1.54, 1.807) is 0 Å². The zero-order valence-corrected chi connectivity index (χ0v) is 7.10. The van der Waals surface area contributed by atoms with Gasteiger partial charge in [0.2, 0.25) is 0 Å². The maximum atomic E-state index is 10.9. The standard InChI is InChI=1S/C7H10N2O5/c10-2-5(12)4(11)1-3-6(13)9-7(14)8-3/h1,4-5,10-12H,2H2,(H2,8,9,13,14)/b3-1+. The van der Waals surface area contributed by atoms with Crippen molar-refractivity contribution in [3.05, 3.63) is 11.8 Å². The molecule has 5 N–H and O–H groups in total. The summed E-state index contributed by atoms with van der Waals surface area (Å²) in [5.74, 6) is -0.681. The Balaban J connectivity index is 2.68. The first-order valence-corrected chi connectivity index (χ1v) is 3.85. The first kappa shape index (κ1) is 10.6. The van der Waals surface area contributed by atoms with Crippen molar-refractivity contribution in [1.82, 2.24) is 10.6 Å². The molecule has 1 saturated heterocycles. The van der Waals surface area contributed by atoms with Crippen LogP contribution >= 0.6 is 0 Å². The number of hydrogen-bond acceptors (Lipinski definition) is 5. The van der Waals surface area contributed by atoms with Crippen LogP contribution < -0.4 is 10.6 Å². The largest absolute Gasteiger partial charge is 0.394 e. The molecule has 2 atom stereocenters. The molecule has 0 aliphatic carbocycles. The zero-order valence-electron chi connectivity index (χ0n) is 7.10. The maximum Gasteiger partial charge on any atom is 0.326 e. The average molecular weight is 202 g/mol. The molecule has 1 aliphatic rings. The van der Waals surface area contributed by atoms with Gasteiger partial charge in [-0.15, -0.1) is 0 Å². The Morgan fingerprint density at radius 2 is 1.93 bits per heavy atom. The molecule has 0 radical (unpaired) electrons. The summed E-state index contributed by atoms with van der Waals surface area (Å²) in [6.45, 7) is -0.638. The van der Waals surface area contributed by atoms with E-state index in [0.717, 1.165) is 6.08 Å². The maximum absolute atomic E-state index is 10.9. The second-order valence-electron chi connectivity index (χ2n) is 2.73. The third-order valence-electron chi connectivity index (χ3n) is 1.64. The van der Waals surface area contributed by atoms with Crippen LogP contribution in [0.25, 0.3) is 0 Å². The van der Waals surface area contributed by atoms with Crippen molar-refractivity contribution in [3.63, 3.8) is 0 Å². The van der Waals surface area contributed by atoms with Crippen LogP contribution in [0.4, 0.5) is 4.79 Å². The molecule has 78 valence electrons. The Morgan fingerprint density at radius 3 is 2.36 bits per heavy atom. The van der Waals surface area contributed by atoms with Crippen molar-refractivity contribution in [2.24, 2.45) is 0 Å². The number of carbonyl (C=O) groups excluding carboxylic acids is 2. The predicted octanol–water partition coefficient (Wildman–Crippen LogP) is -2.58. The minimum atomic E-state index is -1.40. The second kappa shape index (κ2) is 4.18. The molecule has 0 aromatic carbocycles. The van der Waals surface area contributed by atoms with Gasteiger partial charge in [-0.05, 0) is 6.08 Å². The van der Waals surface area contributed by atoms with E-state index in [1.165, 1.54) is 0 Å². The van der Waals surface area contributed by atoms with Crippen LogP contribution in [0, 0.1) is 0 Å². The topological polar surface area (TPSA) is 119 Å². The van der Waals surface area contributed by atoms with Gasteiger partial charge in [-0.2, -0.15) is 0 Å². The molecular formula is C7H10N2O5. The number of aliphatic hydroxyl groups is 3. The van der Waals surface area contributed by atoms with Crippen molar-refractivity contribution in [1.29, 1.82) is 0 Å². The summed E-state index contributed by atoms with van der Waals surface area (Å²) in [5.41, 5.74) is -0.144. The summed E-state index contributed by atoms with van der Waals surface area (Å²) in [7, 11) is 0. The van der Waals surface area contributed by atoms with Gasteiger partial charge in [0.05, 0.1) is 6.61 Å². The van der Waals surface area contributed by atoms with E-state index >= 15 is 0 Å². The minimum absolute atomic E-state index is 0.144. The Labute approximate surface area is 79.0 Å². The third kappa shape index (κ3) is 2.28. The molecule has 3 amide bonds. The number of hydrogen-bond donors (Lipinski definition) is 5. The molecule has 0 aromatic heterocycles. The van der Waals surface area contributed by atoms with E-state index in [0.29, 0.717) is 0 Å². The fourth-order valence-corrected chi connectivity index (χ4v) is 0.888. The quantitative estimate of drug-likeness (QED) is 0.254. The molecule has 2 unspecified atom stereocenters. The third-order valence-corrected chi connectivity index (χ3v) is 1.64. The van der Waals surface area contributed by atoms with Crippen LogP contribution in [0.15, 0.2) is 11.8 Å². The Kier molecular flexibility index (Phi) is 3.18. The van der Waals surface area contributed by atoms with Gasteiger partial charge in [0.25, 0.3) is 5.91 Å². The normalized spacial score (nSPS) is 23.2. The number of urea groups is 1. The van der Waals surface area contributed by atoms with Gasteiger partial charge in [-0.25, -0.2) is 4.79 Å². The van der Waals surface area contributed by atoms with E-state index in [1.807, 2.05) is 5.32 Å². The van der Waals surface area contributed by atoms with Gasteiger partial charge >= 0.3 is 6.03 Å². The molecule has 1 aliphatic heterocycles. The Hall–Kier alpha value is -1.44. The molecule has 0 aromatic rings. The average Bonchev–Trinajstić information content (AvgIpc) is 2.44. The molecule has 7 heteroatoms. The SMILES string of the molecule is O=C1NC(=O)/C(=C\C(O)C(O)CO)N1. The molecule has 1 rings (SSSR count). The summed E-state index contributed by atoms with van der Waals surface area (Å²) >= 11 is 0. The van der Waals surface area contributed by atoms with Gasteiger partial charge in [0.15, 0.2) is 0 Å². The highest BCUT2D eigenvalue weighted by molar-refractivity contribution is 6.11. The second-order valence-corrected chi connectivity index (χ2v) is 2.73. The number of aliphatic hydroxyl groups excluding tert-OH is 3. The van der Waals surface area contributed by atoms with Crippen LogP contribution in [-0.4, -0.2) is 46.1 Å². The number of imide groups is 1. The zero-order chi connectivity index (χ0) is 10.7. The lowest BCUT2D eigenvalue weighted by molar-refractivity contribution is -0.115. The van der Waals surface area contributed by atoms with Crippen LogP contribution in [0.1, 0.15) is 0 Å². The van der Waals surface area contributed by atoms with E-state index in [-0.39, 0.29) is 5.70 Å². The number of nitrogens with one attached hydrogen (secondary N) is 2. The summed E-state index contributed by atoms with van der Waals surface area (Å²) in [6, 6.07) is -0.688. The number of amides is 3. The van der Waals surface area contributed by atoms with Gasteiger partial charge in [0.1, 0.15) is 17.9 Å². The first-order valence-electron chi connectivity index (χ1n) is 3.85. The lowest BCUT2D eigenvalue weighted by Gasteiger charge is -2.11. The summed E-state index contributed by atoms with van der Waals surface area (Å²) in [5, 5.41) is 30.6. The lowest BCUT2D eigenvalue weighted by Crippen LogP contribution is -2.29. The Morgan fingerprint density at radius 1 is 1.29 bits per heavy atom. The summed E-state index contributed by atoms with van der Waals surface area (Å²) in [6.07, 6.45) is -1.83. The van der Waals surface area contributed by atoms with E-state index in [9.17, 15) is 9.59 Å². The fourth-order valence-electron chi connectivity index (χ4n) is 0.888. The minimum Gasteiger partial charge on any atom is -0.394 e.